The predicted octanol–water partition coefficient (Wildman–Crippen LogP) is 2.09. The van der Waals surface area contributed by atoms with Crippen molar-refractivity contribution in [3.8, 4) is 0 Å². The maximum absolute atomic E-state index is 14.6. The Morgan fingerprint density at radius 2 is 2.11 bits per heavy atom. The van der Waals surface area contributed by atoms with Gasteiger partial charge in [0.15, 0.2) is 0 Å². The highest BCUT2D eigenvalue weighted by molar-refractivity contribution is 5.93. The normalized spacial score (nSPS) is 29.3. The minimum absolute atomic E-state index is 0.133. The van der Waals surface area contributed by atoms with E-state index < -0.39 is 5.91 Å². The molecule has 2 N–H and O–H groups in total. The summed E-state index contributed by atoms with van der Waals surface area (Å²) in [5.74, 6) is -0.930. The summed E-state index contributed by atoms with van der Waals surface area (Å²) in [6, 6.07) is 3.52. The molecule has 4 aliphatic rings. The number of carbonyl (C=O) groups is 2. The lowest BCUT2D eigenvalue weighted by Crippen LogP contribution is -2.49. The average molecular weight is 375 g/mol. The van der Waals surface area contributed by atoms with Crippen LogP contribution in [-0.4, -0.2) is 52.0 Å². The molecule has 0 aromatic heterocycles. The summed E-state index contributed by atoms with van der Waals surface area (Å²) in [4.78, 5) is 27.9. The molecule has 2 saturated heterocycles. The Hall–Kier alpha value is -1.99. The summed E-state index contributed by atoms with van der Waals surface area (Å²) in [7, 11) is 0. The van der Waals surface area contributed by atoms with Crippen molar-refractivity contribution in [1.82, 2.24) is 15.3 Å². The number of amides is 2. The molecule has 1 aromatic carbocycles. The van der Waals surface area contributed by atoms with Crippen molar-refractivity contribution in [2.45, 2.75) is 58.2 Å². The first-order valence-corrected chi connectivity index (χ1v) is 9.63. The van der Waals surface area contributed by atoms with E-state index in [4.69, 9.17) is 5.21 Å². The van der Waals surface area contributed by atoms with Gasteiger partial charge in [-0.25, -0.2) is 9.87 Å². The van der Waals surface area contributed by atoms with E-state index in [-0.39, 0.29) is 28.7 Å². The number of carbonyl (C=O) groups excluding carboxylic acids is 2. The molecule has 0 spiro atoms. The highest BCUT2D eigenvalue weighted by Crippen LogP contribution is 2.52. The fourth-order valence-corrected chi connectivity index (χ4v) is 5.32. The van der Waals surface area contributed by atoms with Crippen molar-refractivity contribution in [3.63, 3.8) is 0 Å². The van der Waals surface area contributed by atoms with Crippen LogP contribution in [0.25, 0.3) is 0 Å². The number of fused-ring (bicyclic) bond motifs is 2. The SMILES string of the molecule is CC[C@H]1Cc2c(F)cc(C(=O)NO)cc2CN1CC12CC(C1)N(C(C)=O)C2. The van der Waals surface area contributed by atoms with E-state index in [1.807, 2.05) is 4.90 Å². The van der Waals surface area contributed by atoms with E-state index in [0.29, 0.717) is 24.6 Å². The summed E-state index contributed by atoms with van der Waals surface area (Å²) in [5, 5.41) is 8.85. The van der Waals surface area contributed by atoms with Gasteiger partial charge in [0, 0.05) is 49.6 Å². The van der Waals surface area contributed by atoms with Gasteiger partial charge in [-0.15, -0.1) is 0 Å². The number of hydroxylamine groups is 1. The number of nitrogens with zero attached hydrogens (tertiary/aromatic N) is 2. The van der Waals surface area contributed by atoms with Gasteiger partial charge >= 0.3 is 0 Å². The van der Waals surface area contributed by atoms with Gasteiger partial charge in [-0.05, 0) is 48.9 Å². The van der Waals surface area contributed by atoms with Gasteiger partial charge in [-0.3, -0.25) is 19.7 Å². The maximum atomic E-state index is 14.6. The second-order valence-electron chi connectivity index (χ2n) is 8.42. The fraction of sp³-hybridized carbons (Fsp3) is 0.600. The van der Waals surface area contributed by atoms with Crippen LogP contribution in [0.15, 0.2) is 12.1 Å². The summed E-state index contributed by atoms with van der Waals surface area (Å²) in [6.07, 6.45) is 3.64. The maximum Gasteiger partial charge on any atom is 0.274 e. The summed E-state index contributed by atoms with van der Waals surface area (Å²) < 4.78 is 14.6. The summed E-state index contributed by atoms with van der Waals surface area (Å²) >= 11 is 0. The van der Waals surface area contributed by atoms with Gasteiger partial charge in [0.05, 0.1) is 0 Å². The second-order valence-corrected chi connectivity index (χ2v) is 8.42. The molecule has 6 nitrogen and oxygen atoms in total. The molecule has 3 heterocycles. The fourth-order valence-electron chi connectivity index (χ4n) is 5.32. The van der Waals surface area contributed by atoms with Crippen LogP contribution in [0.2, 0.25) is 0 Å². The van der Waals surface area contributed by atoms with E-state index >= 15 is 0 Å². The monoisotopic (exact) mass is 375 g/mol. The number of nitrogens with one attached hydrogen (secondary N) is 1. The molecule has 1 aliphatic carbocycles. The van der Waals surface area contributed by atoms with Crippen LogP contribution in [0.1, 0.15) is 54.6 Å². The molecule has 5 rings (SSSR count). The third kappa shape index (κ3) is 3.02. The van der Waals surface area contributed by atoms with Gasteiger partial charge < -0.3 is 4.90 Å². The number of benzene rings is 1. The third-order valence-corrected chi connectivity index (χ3v) is 6.68. The molecule has 2 amide bonds. The molecule has 27 heavy (non-hydrogen) atoms. The van der Waals surface area contributed by atoms with Crippen LogP contribution in [-0.2, 0) is 17.8 Å². The van der Waals surface area contributed by atoms with Crippen molar-refractivity contribution in [3.05, 3.63) is 34.6 Å². The van der Waals surface area contributed by atoms with Gasteiger partial charge in [0.1, 0.15) is 5.82 Å². The van der Waals surface area contributed by atoms with Crippen LogP contribution in [0.3, 0.4) is 0 Å². The average Bonchev–Trinajstić information content (AvgIpc) is 3.16. The topological polar surface area (TPSA) is 72.9 Å². The second kappa shape index (κ2) is 6.56. The Bertz CT molecular complexity index is 791. The number of rotatable bonds is 4. The molecule has 3 fully saturated rings. The Morgan fingerprint density at radius 3 is 2.70 bits per heavy atom. The van der Waals surface area contributed by atoms with Gasteiger partial charge in [0.2, 0.25) is 5.91 Å². The van der Waals surface area contributed by atoms with Crippen LogP contribution in [0.4, 0.5) is 4.39 Å². The molecular formula is C20H26FN3O3. The molecule has 3 aliphatic heterocycles. The molecule has 1 atom stereocenters. The first kappa shape index (κ1) is 18.4. The van der Waals surface area contributed by atoms with Crippen molar-refractivity contribution in [2.24, 2.45) is 5.41 Å². The lowest BCUT2D eigenvalue weighted by atomic mass is 9.69. The van der Waals surface area contributed by atoms with Crippen LogP contribution < -0.4 is 5.48 Å². The molecule has 1 saturated carbocycles. The lowest BCUT2D eigenvalue weighted by Gasteiger charge is -2.45. The number of hydrogen-bond donors (Lipinski definition) is 2. The van der Waals surface area contributed by atoms with Crippen LogP contribution in [0, 0.1) is 11.2 Å². The van der Waals surface area contributed by atoms with E-state index in [9.17, 15) is 14.0 Å². The zero-order valence-electron chi connectivity index (χ0n) is 15.8. The highest BCUT2D eigenvalue weighted by Gasteiger charge is 2.56. The van der Waals surface area contributed by atoms with E-state index in [1.54, 1.807) is 18.5 Å². The van der Waals surface area contributed by atoms with Gasteiger partial charge in [0.25, 0.3) is 5.91 Å². The Kier molecular flexibility index (Phi) is 4.47. The quantitative estimate of drug-likeness (QED) is 0.624. The van der Waals surface area contributed by atoms with Crippen LogP contribution in [0.5, 0.6) is 0 Å². The zero-order chi connectivity index (χ0) is 19.3. The Labute approximate surface area is 158 Å². The largest absolute Gasteiger partial charge is 0.339 e. The number of hydrogen-bond acceptors (Lipinski definition) is 4. The highest BCUT2D eigenvalue weighted by atomic mass is 19.1. The van der Waals surface area contributed by atoms with E-state index in [0.717, 1.165) is 37.9 Å². The summed E-state index contributed by atoms with van der Waals surface area (Å²) in [6.45, 7) is 6.05. The first-order chi connectivity index (χ1) is 12.9. The smallest absolute Gasteiger partial charge is 0.274 e. The minimum atomic E-state index is -0.700. The predicted molar refractivity (Wildman–Crippen MR) is 96.7 cm³/mol. The van der Waals surface area contributed by atoms with E-state index in [2.05, 4.69) is 11.8 Å². The Morgan fingerprint density at radius 1 is 1.37 bits per heavy atom. The molecule has 146 valence electrons. The van der Waals surface area contributed by atoms with Crippen LogP contribution >= 0.6 is 0 Å². The van der Waals surface area contributed by atoms with E-state index in [1.165, 1.54) is 6.07 Å². The summed E-state index contributed by atoms with van der Waals surface area (Å²) in [5.41, 5.74) is 3.35. The number of halogens is 1. The molecule has 0 unspecified atom stereocenters. The minimum Gasteiger partial charge on any atom is -0.339 e. The first-order valence-electron chi connectivity index (χ1n) is 9.63. The Balaban J connectivity index is 1.56. The molecule has 2 bridgehead atoms. The van der Waals surface area contributed by atoms with Gasteiger partial charge in [-0.1, -0.05) is 6.92 Å². The van der Waals surface area contributed by atoms with Crippen molar-refractivity contribution in [1.29, 1.82) is 0 Å². The molecule has 1 aromatic rings. The van der Waals surface area contributed by atoms with Crippen molar-refractivity contribution in [2.75, 3.05) is 13.1 Å². The molecule has 0 radical (unpaired) electrons. The van der Waals surface area contributed by atoms with Crippen molar-refractivity contribution >= 4 is 11.8 Å². The molecular weight excluding hydrogens is 349 g/mol. The zero-order valence-corrected chi connectivity index (χ0v) is 15.8. The standard InChI is InChI=1S/C20H26FN3O3/c1-3-15-6-17-14(4-13(5-18(17)21)19(26)22-27)9-23(15)10-20-7-16(8-20)24(11-20)12(2)25/h4-5,15-16,27H,3,6-11H2,1-2H3,(H,22,26)/t15-,16?,20?/m0/s1. The lowest BCUT2D eigenvalue weighted by molar-refractivity contribution is -0.128. The van der Waals surface area contributed by atoms with Gasteiger partial charge in [-0.2, -0.15) is 0 Å². The molecule has 7 heteroatoms. The third-order valence-electron chi connectivity index (χ3n) is 6.68. The van der Waals surface area contributed by atoms with Crippen molar-refractivity contribution < 1.29 is 19.2 Å².